The Balaban J connectivity index is 2.35. The van der Waals surface area contributed by atoms with Gasteiger partial charge in [0, 0.05) is 12.2 Å². The summed E-state index contributed by atoms with van der Waals surface area (Å²) in [6.07, 6.45) is 1.83. The van der Waals surface area contributed by atoms with Gasteiger partial charge in [-0.25, -0.2) is 0 Å². The third kappa shape index (κ3) is 2.23. The monoisotopic (exact) mass is 247 g/mol. The number of carboxylic acid groups (broad SMARTS) is 1. The Labute approximate surface area is 106 Å². The number of benzene rings is 1. The van der Waals surface area contributed by atoms with Crippen molar-refractivity contribution in [2.24, 2.45) is 5.92 Å². The third-order valence-electron chi connectivity index (χ3n) is 3.37. The second-order valence-corrected chi connectivity index (χ2v) is 4.79. The quantitative estimate of drug-likeness (QED) is 0.813. The number of amides is 1. The number of rotatable bonds is 2. The molecule has 0 spiro atoms. The normalized spacial score (nSPS) is 16.0. The molecule has 0 bridgehead atoms. The molecule has 1 aromatic carbocycles. The van der Waals surface area contributed by atoms with Crippen molar-refractivity contribution in [1.29, 1.82) is 0 Å². The van der Waals surface area contributed by atoms with E-state index >= 15 is 0 Å². The molecule has 0 radical (unpaired) electrons. The summed E-state index contributed by atoms with van der Waals surface area (Å²) in [6, 6.07) is 6.00. The number of hydrogen-bond donors (Lipinski definition) is 1. The van der Waals surface area contributed by atoms with Crippen LogP contribution in [0, 0.1) is 12.8 Å². The lowest BCUT2D eigenvalue weighted by Gasteiger charge is -2.31. The first-order valence-corrected chi connectivity index (χ1v) is 6.14. The number of fused-ring (bicyclic) bond motifs is 1. The maximum Gasteiger partial charge on any atom is 0.315 e. The first-order valence-electron chi connectivity index (χ1n) is 6.14. The Morgan fingerprint density at radius 1 is 1.39 bits per heavy atom. The molecule has 1 atom stereocenters. The lowest BCUT2D eigenvalue weighted by Crippen LogP contribution is -2.41. The van der Waals surface area contributed by atoms with E-state index in [2.05, 4.69) is 0 Å². The summed E-state index contributed by atoms with van der Waals surface area (Å²) in [7, 11) is 0. The summed E-state index contributed by atoms with van der Waals surface area (Å²) in [5.41, 5.74) is 3.08. The molecule has 0 saturated heterocycles. The summed E-state index contributed by atoms with van der Waals surface area (Å²) in [5, 5.41) is 8.94. The van der Waals surface area contributed by atoms with E-state index in [9.17, 15) is 9.59 Å². The zero-order valence-corrected chi connectivity index (χ0v) is 10.6. The minimum absolute atomic E-state index is 0.325. The van der Waals surface area contributed by atoms with Crippen LogP contribution in [0.3, 0.4) is 0 Å². The van der Waals surface area contributed by atoms with E-state index in [1.807, 2.05) is 25.1 Å². The minimum Gasteiger partial charge on any atom is -0.481 e. The van der Waals surface area contributed by atoms with E-state index in [-0.39, 0.29) is 5.91 Å². The van der Waals surface area contributed by atoms with Crippen molar-refractivity contribution in [3.63, 3.8) is 0 Å². The SMILES string of the molecule is Cc1ccc2c(c1)N(C(=O)C(C)C(=O)O)CCC2. The van der Waals surface area contributed by atoms with Crippen LogP contribution in [-0.2, 0) is 16.0 Å². The summed E-state index contributed by atoms with van der Waals surface area (Å²) >= 11 is 0. The van der Waals surface area contributed by atoms with Gasteiger partial charge in [0.05, 0.1) is 0 Å². The van der Waals surface area contributed by atoms with Crippen LogP contribution in [0.25, 0.3) is 0 Å². The number of carboxylic acids is 1. The molecule has 1 heterocycles. The van der Waals surface area contributed by atoms with Crippen LogP contribution >= 0.6 is 0 Å². The number of nitrogens with zero attached hydrogens (tertiary/aromatic N) is 1. The second-order valence-electron chi connectivity index (χ2n) is 4.79. The van der Waals surface area contributed by atoms with Crippen LogP contribution in [0.1, 0.15) is 24.5 Å². The number of carbonyl (C=O) groups is 2. The van der Waals surface area contributed by atoms with Crippen LogP contribution in [0.2, 0.25) is 0 Å². The maximum atomic E-state index is 12.2. The van der Waals surface area contributed by atoms with Gasteiger partial charge in [0.2, 0.25) is 5.91 Å². The van der Waals surface area contributed by atoms with Gasteiger partial charge in [0.25, 0.3) is 0 Å². The Morgan fingerprint density at radius 2 is 2.11 bits per heavy atom. The summed E-state index contributed by atoms with van der Waals surface area (Å²) in [4.78, 5) is 24.7. The molecule has 0 aliphatic carbocycles. The van der Waals surface area contributed by atoms with Gasteiger partial charge < -0.3 is 10.0 Å². The summed E-state index contributed by atoms with van der Waals surface area (Å²) in [5.74, 6) is -2.38. The predicted molar refractivity (Wildman–Crippen MR) is 68.7 cm³/mol. The molecule has 96 valence electrons. The molecule has 1 amide bonds. The third-order valence-corrected chi connectivity index (χ3v) is 3.37. The smallest absolute Gasteiger partial charge is 0.315 e. The Hall–Kier alpha value is -1.84. The van der Waals surface area contributed by atoms with Crippen LogP contribution in [-0.4, -0.2) is 23.5 Å². The van der Waals surface area contributed by atoms with E-state index in [0.29, 0.717) is 6.54 Å². The van der Waals surface area contributed by atoms with E-state index in [4.69, 9.17) is 5.11 Å². The van der Waals surface area contributed by atoms with Gasteiger partial charge >= 0.3 is 5.97 Å². The van der Waals surface area contributed by atoms with Crippen molar-refractivity contribution >= 4 is 17.6 Å². The molecule has 18 heavy (non-hydrogen) atoms. The van der Waals surface area contributed by atoms with Gasteiger partial charge in [-0.1, -0.05) is 12.1 Å². The highest BCUT2D eigenvalue weighted by Crippen LogP contribution is 2.29. The van der Waals surface area contributed by atoms with Gasteiger partial charge in [-0.3, -0.25) is 9.59 Å². The zero-order chi connectivity index (χ0) is 13.3. The Kier molecular flexibility index (Phi) is 3.36. The van der Waals surface area contributed by atoms with Crippen molar-refractivity contribution < 1.29 is 14.7 Å². The molecule has 0 aromatic heterocycles. The number of hydrogen-bond acceptors (Lipinski definition) is 2. The first-order chi connectivity index (χ1) is 8.50. The van der Waals surface area contributed by atoms with Crippen molar-refractivity contribution in [1.82, 2.24) is 0 Å². The van der Waals surface area contributed by atoms with Crippen molar-refractivity contribution in [3.05, 3.63) is 29.3 Å². The molecular formula is C14H17NO3. The lowest BCUT2D eigenvalue weighted by atomic mass is 9.98. The molecule has 1 aliphatic rings. The van der Waals surface area contributed by atoms with Gasteiger partial charge in [0.15, 0.2) is 0 Å². The van der Waals surface area contributed by atoms with E-state index in [1.165, 1.54) is 6.92 Å². The highest BCUT2D eigenvalue weighted by Gasteiger charge is 2.29. The molecule has 1 N–H and O–H groups in total. The molecule has 4 heteroatoms. The average Bonchev–Trinajstić information content (AvgIpc) is 2.36. The molecular weight excluding hydrogens is 230 g/mol. The summed E-state index contributed by atoms with van der Waals surface area (Å²) in [6.45, 7) is 4.01. The topological polar surface area (TPSA) is 57.6 Å². The van der Waals surface area contributed by atoms with Crippen LogP contribution in [0.4, 0.5) is 5.69 Å². The van der Waals surface area contributed by atoms with Crippen LogP contribution in [0.5, 0.6) is 0 Å². The van der Waals surface area contributed by atoms with Crippen LogP contribution in [0.15, 0.2) is 18.2 Å². The Bertz CT molecular complexity index is 496. The Morgan fingerprint density at radius 3 is 2.78 bits per heavy atom. The van der Waals surface area contributed by atoms with Crippen molar-refractivity contribution in [3.8, 4) is 0 Å². The number of aliphatic carboxylic acids is 1. The van der Waals surface area contributed by atoms with E-state index in [0.717, 1.165) is 29.7 Å². The number of carbonyl (C=O) groups excluding carboxylic acids is 1. The van der Waals surface area contributed by atoms with Crippen molar-refractivity contribution in [2.45, 2.75) is 26.7 Å². The van der Waals surface area contributed by atoms with Crippen molar-refractivity contribution in [2.75, 3.05) is 11.4 Å². The number of anilines is 1. The highest BCUT2D eigenvalue weighted by molar-refractivity contribution is 6.05. The molecule has 0 fully saturated rings. The summed E-state index contributed by atoms with van der Waals surface area (Å²) < 4.78 is 0. The highest BCUT2D eigenvalue weighted by atomic mass is 16.4. The minimum atomic E-state index is -1.07. The van der Waals surface area contributed by atoms with Gasteiger partial charge in [-0.2, -0.15) is 0 Å². The fraction of sp³-hybridized carbons (Fsp3) is 0.429. The lowest BCUT2D eigenvalue weighted by molar-refractivity contribution is -0.145. The largest absolute Gasteiger partial charge is 0.481 e. The zero-order valence-electron chi connectivity index (χ0n) is 10.6. The van der Waals surface area contributed by atoms with Gasteiger partial charge in [-0.15, -0.1) is 0 Å². The second kappa shape index (κ2) is 4.80. The standard InChI is InChI=1S/C14H17NO3/c1-9-5-6-11-4-3-7-15(12(11)8-9)13(16)10(2)14(17)18/h5-6,8,10H,3-4,7H2,1-2H3,(H,17,18). The molecule has 2 rings (SSSR count). The van der Waals surface area contributed by atoms with Crippen LogP contribution < -0.4 is 4.90 Å². The fourth-order valence-electron chi connectivity index (χ4n) is 2.25. The van der Waals surface area contributed by atoms with E-state index < -0.39 is 11.9 Å². The molecule has 1 unspecified atom stereocenters. The first kappa shape index (κ1) is 12.6. The van der Waals surface area contributed by atoms with Gasteiger partial charge in [-0.05, 0) is 43.9 Å². The molecule has 0 saturated carbocycles. The van der Waals surface area contributed by atoms with Gasteiger partial charge in [0.1, 0.15) is 5.92 Å². The molecule has 4 nitrogen and oxygen atoms in total. The van der Waals surface area contributed by atoms with E-state index in [1.54, 1.807) is 4.90 Å². The number of aryl methyl sites for hydroxylation is 2. The average molecular weight is 247 g/mol. The fourth-order valence-corrected chi connectivity index (χ4v) is 2.25. The predicted octanol–water partition coefficient (Wildman–Crippen LogP) is 1.99. The molecule has 1 aliphatic heterocycles. The maximum absolute atomic E-state index is 12.2. The molecule has 1 aromatic rings.